The Kier molecular flexibility index (Phi) is 7.04. The van der Waals surface area contributed by atoms with Crippen molar-refractivity contribution in [3.63, 3.8) is 0 Å². The lowest BCUT2D eigenvalue weighted by Crippen LogP contribution is -2.17. The molecule has 0 saturated carbocycles. The Morgan fingerprint density at radius 3 is 2.34 bits per heavy atom. The van der Waals surface area contributed by atoms with Crippen molar-refractivity contribution in [3.8, 4) is 5.75 Å². The summed E-state index contributed by atoms with van der Waals surface area (Å²) in [4.78, 5) is 0.136. The topological polar surface area (TPSA) is 81.4 Å². The number of benzene rings is 3. The van der Waals surface area contributed by atoms with Gasteiger partial charge >= 0.3 is 0 Å². The number of rotatable bonds is 9. The summed E-state index contributed by atoms with van der Waals surface area (Å²) in [6.45, 7) is 4.14. The van der Waals surface area contributed by atoms with Crippen molar-refractivity contribution < 1.29 is 13.2 Å². The summed E-state index contributed by atoms with van der Waals surface area (Å²) in [5.41, 5.74) is 4.58. The smallest absolute Gasteiger partial charge is 0.238 e. The maximum absolute atomic E-state index is 11.3. The van der Waals surface area contributed by atoms with Crippen molar-refractivity contribution in [1.29, 1.82) is 0 Å². The van der Waals surface area contributed by atoms with E-state index in [-0.39, 0.29) is 4.90 Å². The van der Waals surface area contributed by atoms with Gasteiger partial charge in [-0.15, -0.1) is 0 Å². The molecule has 0 saturated heterocycles. The van der Waals surface area contributed by atoms with Gasteiger partial charge in [0.05, 0.1) is 4.90 Å². The Labute approximate surface area is 172 Å². The maximum Gasteiger partial charge on any atom is 0.238 e. The number of nitrogens with one attached hydrogen (secondary N) is 1. The third-order valence-electron chi connectivity index (χ3n) is 4.56. The summed E-state index contributed by atoms with van der Waals surface area (Å²) >= 11 is 0. The molecule has 0 aliphatic carbocycles. The van der Waals surface area contributed by atoms with E-state index >= 15 is 0 Å². The summed E-state index contributed by atoms with van der Waals surface area (Å²) in [6.07, 6.45) is 0.800. The van der Waals surface area contributed by atoms with Gasteiger partial charge in [0.1, 0.15) is 12.4 Å². The first kappa shape index (κ1) is 21.0. The van der Waals surface area contributed by atoms with Crippen LogP contribution in [0.25, 0.3) is 0 Å². The molecule has 0 spiro atoms. The van der Waals surface area contributed by atoms with Crippen molar-refractivity contribution >= 4 is 10.0 Å². The molecular formula is C23H26N2O3S. The number of primary sulfonamides is 1. The monoisotopic (exact) mass is 410 g/mol. The predicted octanol–water partition coefficient (Wildman–Crippen LogP) is 3.55. The van der Waals surface area contributed by atoms with Crippen LogP contribution in [0.3, 0.4) is 0 Å². The largest absolute Gasteiger partial charge is 0.489 e. The van der Waals surface area contributed by atoms with E-state index in [4.69, 9.17) is 9.88 Å². The van der Waals surface area contributed by atoms with E-state index < -0.39 is 10.0 Å². The van der Waals surface area contributed by atoms with E-state index in [0.29, 0.717) is 6.61 Å². The predicted molar refractivity (Wildman–Crippen MR) is 115 cm³/mol. The summed E-state index contributed by atoms with van der Waals surface area (Å²) < 4.78 is 28.5. The van der Waals surface area contributed by atoms with Crippen LogP contribution < -0.4 is 15.2 Å². The molecule has 0 aliphatic rings. The van der Waals surface area contributed by atoms with Gasteiger partial charge in [0, 0.05) is 6.54 Å². The first-order chi connectivity index (χ1) is 13.9. The van der Waals surface area contributed by atoms with Gasteiger partial charge in [-0.05, 0) is 60.8 Å². The molecule has 0 unspecified atom stereocenters. The molecule has 0 heterocycles. The van der Waals surface area contributed by atoms with E-state index in [0.717, 1.165) is 42.0 Å². The molecule has 0 atom stereocenters. The molecule has 0 fully saturated rings. The Morgan fingerprint density at radius 1 is 0.897 bits per heavy atom. The summed E-state index contributed by atoms with van der Waals surface area (Å²) in [5, 5.41) is 8.52. The fourth-order valence-corrected chi connectivity index (χ4v) is 3.54. The number of nitrogens with two attached hydrogens (primary N) is 1. The lowest BCUT2D eigenvalue weighted by atomic mass is 10.1. The second kappa shape index (κ2) is 9.69. The first-order valence-electron chi connectivity index (χ1n) is 9.50. The zero-order chi connectivity index (χ0) is 20.7. The lowest BCUT2D eigenvalue weighted by Gasteiger charge is -2.10. The molecular weight excluding hydrogens is 384 g/mol. The minimum Gasteiger partial charge on any atom is -0.489 e. The van der Waals surface area contributed by atoms with Crippen LogP contribution in [0.2, 0.25) is 0 Å². The van der Waals surface area contributed by atoms with Gasteiger partial charge in [0.25, 0.3) is 0 Å². The van der Waals surface area contributed by atoms with Crippen LogP contribution >= 0.6 is 0 Å². The lowest BCUT2D eigenvalue weighted by molar-refractivity contribution is 0.306. The zero-order valence-corrected chi connectivity index (χ0v) is 17.3. The van der Waals surface area contributed by atoms with Crippen molar-refractivity contribution in [2.75, 3.05) is 6.54 Å². The van der Waals surface area contributed by atoms with Crippen LogP contribution in [-0.2, 0) is 29.6 Å². The molecule has 0 aromatic heterocycles. The number of sulfonamides is 1. The number of hydrogen-bond donors (Lipinski definition) is 2. The zero-order valence-electron chi connectivity index (χ0n) is 16.5. The standard InChI is InChI=1S/C23H26N2O3S/c1-18-4-2-6-21(14-18)17-28-22-7-3-5-20(15-22)16-25-13-12-19-8-10-23(11-9-19)29(24,26)27/h2-11,14-15,25H,12-13,16-17H2,1H3,(H2,24,26,27). The van der Waals surface area contributed by atoms with E-state index in [9.17, 15) is 8.42 Å². The van der Waals surface area contributed by atoms with E-state index in [1.807, 2.05) is 24.3 Å². The Morgan fingerprint density at radius 2 is 1.62 bits per heavy atom. The molecule has 3 N–H and O–H groups in total. The van der Waals surface area contributed by atoms with E-state index in [2.05, 4.69) is 36.5 Å². The van der Waals surface area contributed by atoms with Crippen LogP contribution in [0.4, 0.5) is 0 Å². The molecule has 0 amide bonds. The molecule has 0 aliphatic heterocycles. The average molecular weight is 411 g/mol. The molecule has 5 nitrogen and oxygen atoms in total. The van der Waals surface area contributed by atoms with Crippen LogP contribution in [-0.4, -0.2) is 15.0 Å². The van der Waals surface area contributed by atoms with Crippen LogP contribution in [0.15, 0.2) is 77.7 Å². The highest BCUT2D eigenvalue weighted by Gasteiger charge is 2.06. The van der Waals surface area contributed by atoms with Crippen LogP contribution in [0, 0.1) is 6.92 Å². The first-order valence-corrected chi connectivity index (χ1v) is 11.0. The Balaban J connectivity index is 1.45. The SMILES string of the molecule is Cc1cccc(COc2cccc(CNCCc3ccc(S(N)(=O)=O)cc3)c2)c1. The van der Waals surface area contributed by atoms with E-state index in [1.54, 1.807) is 24.3 Å². The van der Waals surface area contributed by atoms with Crippen LogP contribution in [0.1, 0.15) is 22.3 Å². The van der Waals surface area contributed by atoms with Gasteiger partial charge in [-0.1, -0.05) is 54.1 Å². The van der Waals surface area contributed by atoms with Crippen molar-refractivity contribution in [2.45, 2.75) is 31.4 Å². The highest BCUT2D eigenvalue weighted by Crippen LogP contribution is 2.16. The fourth-order valence-electron chi connectivity index (χ4n) is 3.03. The Bertz CT molecular complexity index is 1050. The molecule has 0 radical (unpaired) electrons. The van der Waals surface area contributed by atoms with Gasteiger partial charge in [-0.25, -0.2) is 13.6 Å². The van der Waals surface area contributed by atoms with Gasteiger partial charge < -0.3 is 10.1 Å². The second-order valence-electron chi connectivity index (χ2n) is 7.04. The third kappa shape index (κ3) is 6.71. The van der Waals surface area contributed by atoms with Crippen molar-refractivity contribution in [3.05, 3.63) is 95.1 Å². The molecule has 3 aromatic rings. The third-order valence-corrected chi connectivity index (χ3v) is 5.49. The molecule has 0 bridgehead atoms. The highest BCUT2D eigenvalue weighted by atomic mass is 32.2. The van der Waals surface area contributed by atoms with E-state index in [1.165, 1.54) is 5.56 Å². The van der Waals surface area contributed by atoms with Gasteiger partial charge in [0.15, 0.2) is 0 Å². The molecule has 3 aromatic carbocycles. The Hall–Kier alpha value is -2.67. The summed E-state index contributed by atoms with van der Waals surface area (Å²) in [5.74, 6) is 0.851. The van der Waals surface area contributed by atoms with Crippen molar-refractivity contribution in [2.24, 2.45) is 5.14 Å². The number of aryl methyl sites for hydroxylation is 1. The van der Waals surface area contributed by atoms with Gasteiger partial charge in [-0.3, -0.25) is 0 Å². The second-order valence-corrected chi connectivity index (χ2v) is 8.60. The summed E-state index contributed by atoms with van der Waals surface area (Å²) in [6, 6.07) is 23.0. The molecule has 3 rings (SSSR count). The number of hydrogen-bond acceptors (Lipinski definition) is 4. The van der Waals surface area contributed by atoms with Gasteiger partial charge in [0.2, 0.25) is 10.0 Å². The van der Waals surface area contributed by atoms with Crippen molar-refractivity contribution in [1.82, 2.24) is 5.32 Å². The number of ether oxygens (including phenoxy) is 1. The van der Waals surface area contributed by atoms with Crippen LogP contribution in [0.5, 0.6) is 5.75 Å². The average Bonchev–Trinajstić information content (AvgIpc) is 2.70. The highest BCUT2D eigenvalue weighted by molar-refractivity contribution is 7.89. The normalized spacial score (nSPS) is 11.4. The maximum atomic E-state index is 11.3. The summed E-state index contributed by atoms with van der Waals surface area (Å²) in [7, 11) is -3.64. The van der Waals surface area contributed by atoms with Gasteiger partial charge in [-0.2, -0.15) is 0 Å². The molecule has 6 heteroatoms. The minimum atomic E-state index is -3.64. The fraction of sp³-hybridized carbons (Fsp3) is 0.217. The quantitative estimate of drug-likeness (QED) is 0.529. The minimum absolute atomic E-state index is 0.136. The molecule has 29 heavy (non-hydrogen) atoms. The molecule has 152 valence electrons.